The van der Waals surface area contributed by atoms with Crippen LogP contribution in [0.5, 0.6) is 0 Å². The van der Waals surface area contributed by atoms with Crippen molar-refractivity contribution in [1.82, 2.24) is 4.98 Å². The summed E-state index contributed by atoms with van der Waals surface area (Å²) in [5.74, 6) is 0.388. The number of amides is 1. The Hall–Kier alpha value is -3.17. The molecule has 6 heteroatoms. The molecule has 0 fully saturated rings. The smallest absolute Gasteiger partial charge is 0.257 e. The summed E-state index contributed by atoms with van der Waals surface area (Å²) in [6.45, 7) is 0. The molecule has 1 amide bonds. The quantitative estimate of drug-likeness (QED) is 0.673. The van der Waals surface area contributed by atoms with E-state index in [2.05, 4.69) is 37.6 Å². The third-order valence-corrected chi connectivity index (χ3v) is 3.89. The molecular formula is C19H13BrN4O. The van der Waals surface area contributed by atoms with Crippen LogP contribution in [0.3, 0.4) is 0 Å². The number of aromatic nitrogens is 1. The number of carbonyl (C=O) groups is 1. The van der Waals surface area contributed by atoms with Crippen LogP contribution in [0.15, 0.2) is 71.3 Å². The van der Waals surface area contributed by atoms with Gasteiger partial charge in [-0.2, -0.15) is 5.26 Å². The van der Waals surface area contributed by atoms with Crippen LogP contribution in [-0.2, 0) is 0 Å². The minimum Gasteiger partial charge on any atom is -0.340 e. The summed E-state index contributed by atoms with van der Waals surface area (Å²) in [6, 6.07) is 19.9. The highest BCUT2D eigenvalue weighted by atomic mass is 79.9. The third-order valence-electron chi connectivity index (χ3n) is 3.39. The highest BCUT2D eigenvalue weighted by molar-refractivity contribution is 9.10. The Balaban J connectivity index is 1.66. The molecule has 2 N–H and O–H groups in total. The molecule has 0 bridgehead atoms. The van der Waals surface area contributed by atoms with Crippen LogP contribution in [0.2, 0.25) is 0 Å². The van der Waals surface area contributed by atoms with Crippen molar-refractivity contribution in [2.75, 3.05) is 10.6 Å². The van der Waals surface area contributed by atoms with E-state index in [1.54, 1.807) is 36.4 Å². The highest BCUT2D eigenvalue weighted by Gasteiger charge is 2.07. The summed E-state index contributed by atoms with van der Waals surface area (Å²) in [6.07, 6.45) is 1.51. The van der Waals surface area contributed by atoms with E-state index in [-0.39, 0.29) is 5.91 Å². The fraction of sp³-hybridized carbons (Fsp3) is 0. The lowest BCUT2D eigenvalue weighted by atomic mass is 10.2. The van der Waals surface area contributed by atoms with Crippen LogP contribution in [0.1, 0.15) is 15.9 Å². The Kier molecular flexibility index (Phi) is 5.07. The fourth-order valence-electron chi connectivity index (χ4n) is 2.15. The molecule has 0 saturated carbocycles. The number of halogens is 1. The molecule has 3 rings (SSSR count). The SMILES string of the molecule is N#Cc1ccc(Nc2ccc(C(=O)Nc3cccc(Br)c3)cn2)cc1. The van der Waals surface area contributed by atoms with E-state index in [0.29, 0.717) is 22.6 Å². The largest absolute Gasteiger partial charge is 0.340 e. The van der Waals surface area contributed by atoms with Crippen molar-refractivity contribution < 1.29 is 4.79 Å². The van der Waals surface area contributed by atoms with Gasteiger partial charge in [0.1, 0.15) is 5.82 Å². The van der Waals surface area contributed by atoms with Crippen molar-refractivity contribution in [2.24, 2.45) is 0 Å². The molecule has 0 atom stereocenters. The van der Waals surface area contributed by atoms with Gasteiger partial charge in [-0.25, -0.2) is 4.98 Å². The van der Waals surface area contributed by atoms with E-state index in [0.717, 1.165) is 10.2 Å². The summed E-state index contributed by atoms with van der Waals surface area (Å²) in [7, 11) is 0. The van der Waals surface area contributed by atoms with Gasteiger partial charge in [-0.1, -0.05) is 22.0 Å². The second-order valence-corrected chi connectivity index (χ2v) is 6.13. The maximum Gasteiger partial charge on any atom is 0.257 e. The number of nitrogens with zero attached hydrogens (tertiary/aromatic N) is 2. The third kappa shape index (κ3) is 4.43. The number of hydrogen-bond acceptors (Lipinski definition) is 4. The van der Waals surface area contributed by atoms with Crippen LogP contribution < -0.4 is 10.6 Å². The zero-order valence-electron chi connectivity index (χ0n) is 13.0. The zero-order valence-corrected chi connectivity index (χ0v) is 14.6. The summed E-state index contributed by atoms with van der Waals surface area (Å²) in [5, 5.41) is 14.7. The highest BCUT2D eigenvalue weighted by Crippen LogP contribution is 2.18. The average molecular weight is 393 g/mol. The molecule has 0 aliphatic carbocycles. The lowest BCUT2D eigenvalue weighted by Gasteiger charge is -2.08. The summed E-state index contributed by atoms with van der Waals surface area (Å²) >= 11 is 3.37. The number of benzene rings is 2. The van der Waals surface area contributed by atoms with Crippen molar-refractivity contribution in [1.29, 1.82) is 5.26 Å². The molecule has 1 aromatic heterocycles. The topological polar surface area (TPSA) is 77.8 Å². The van der Waals surface area contributed by atoms with Crippen molar-refractivity contribution in [3.8, 4) is 6.07 Å². The van der Waals surface area contributed by atoms with Crippen LogP contribution in [-0.4, -0.2) is 10.9 Å². The maximum atomic E-state index is 12.2. The van der Waals surface area contributed by atoms with E-state index in [1.165, 1.54) is 6.20 Å². The van der Waals surface area contributed by atoms with Crippen LogP contribution >= 0.6 is 15.9 Å². The molecule has 1 heterocycles. The molecule has 0 aliphatic rings. The predicted octanol–water partition coefficient (Wildman–Crippen LogP) is 4.71. The Morgan fingerprint density at radius 3 is 2.48 bits per heavy atom. The van der Waals surface area contributed by atoms with Crippen molar-refractivity contribution in [3.63, 3.8) is 0 Å². The number of pyridine rings is 1. The van der Waals surface area contributed by atoms with E-state index in [4.69, 9.17) is 5.26 Å². The van der Waals surface area contributed by atoms with Gasteiger partial charge in [0.2, 0.25) is 0 Å². The zero-order chi connectivity index (χ0) is 17.6. The number of anilines is 3. The van der Waals surface area contributed by atoms with Crippen molar-refractivity contribution in [2.45, 2.75) is 0 Å². The molecule has 5 nitrogen and oxygen atoms in total. The van der Waals surface area contributed by atoms with Gasteiger partial charge in [0.15, 0.2) is 0 Å². The minimum absolute atomic E-state index is 0.226. The molecule has 0 aliphatic heterocycles. The Labute approximate surface area is 153 Å². The van der Waals surface area contributed by atoms with E-state index < -0.39 is 0 Å². The minimum atomic E-state index is -0.226. The van der Waals surface area contributed by atoms with Crippen molar-refractivity contribution >= 4 is 39.0 Å². The first-order chi connectivity index (χ1) is 12.1. The molecule has 0 spiro atoms. The second kappa shape index (κ2) is 7.60. The van der Waals surface area contributed by atoms with Crippen molar-refractivity contribution in [3.05, 3.63) is 82.5 Å². The first kappa shape index (κ1) is 16.7. The monoisotopic (exact) mass is 392 g/mol. The van der Waals surface area contributed by atoms with Crippen LogP contribution in [0, 0.1) is 11.3 Å². The molecule has 122 valence electrons. The second-order valence-electron chi connectivity index (χ2n) is 5.21. The number of carbonyl (C=O) groups excluding carboxylic acids is 1. The van der Waals surface area contributed by atoms with E-state index >= 15 is 0 Å². The summed E-state index contributed by atoms with van der Waals surface area (Å²) < 4.78 is 0.894. The van der Waals surface area contributed by atoms with Gasteiger partial charge in [-0.3, -0.25) is 4.79 Å². The summed E-state index contributed by atoms with van der Waals surface area (Å²) in [4.78, 5) is 16.5. The predicted molar refractivity (Wildman–Crippen MR) is 101 cm³/mol. The maximum absolute atomic E-state index is 12.2. The van der Waals surface area contributed by atoms with Gasteiger partial charge in [0.05, 0.1) is 17.2 Å². The van der Waals surface area contributed by atoms with Gasteiger partial charge >= 0.3 is 0 Å². The fourth-order valence-corrected chi connectivity index (χ4v) is 2.55. The molecular weight excluding hydrogens is 380 g/mol. The Morgan fingerprint density at radius 2 is 1.84 bits per heavy atom. The molecule has 0 saturated heterocycles. The Bertz CT molecular complexity index is 931. The lowest BCUT2D eigenvalue weighted by Crippen LogP contribution is -2.12. The van der Waals surface area contributed by atoms with Gasteiger partial charge in [-0.15, -0.1) is 0 Å². The lowest BCUT2D eigenvalue weighted by molar-refractivity contribution is 0.102. The molecule has 0 radical (unpaired) electrons. The number of rotatable bonds is 4. The van der Waals surface area contributed by atoms with Gasteiger partial charge < -0.3 is 10.6 Å². The normalized spacial score (nSPS) is 9.92. The molecule has 2 aromatic carbocycles. The summed E-state index contributed by atoms with van der Waals surface area (Å²) in [5.41, 5.74) is 2.58. The molecule has 0 unspecified atom stereocenters. The van der Waals surface area contributed by atoms with E-state index in [9.17, 15) is 4.79 Å². The molecule has 25 heavy (non-hydrogen) atoms. The number of hydrogen-bond donors (Lipinski definition) is 2. The first-order valence-electron chi connectivity index (χ1n) is 7.44. The van der Waals surface area contributed by atoms with Gasteiger partial charge in [-0.05, 0) is 54.6 Å². The van der Waals surface area contributed by atoms with Gasteiger partial charge in [0.25, 0.3) is 5.91 Å². The van der Waals surface area contributed by atoms with Crippen LogP contribution in [0.4, 0.5) is 17.2 Å². The van der Waals surface area contributed by atoms with Gasteiger partial charge in [0, 0.05) is 22.0 Å². The average Bonchev–Trinajstić information content (AvgIpc) is 2.63. The molecule has 3 aromatic rings. The van der Waals surface area contributed by atoms with E-state index in [1.807, 2.05) is 24.3 Å². The first-order valence-corrected chi connectivity index (χ1v) is 8.23. The number of nitrogens with one attached hydrogen (secondary N) is 2. The standard InChI is InChI=1S/C19H13BrN4O/c20-15-2-1-3-17(10-15)24-19(25)14-6-9-18(22-12-14)23-16-7-4-13(11-21)5-8-16/h1-10,12H,(H,22,23)(H,24,25). The van der Waals surface area contributed by atoms with Crippen LogP contribution in [0.25, 0.3) is 0 Å². The Morgan fingerprint density at radius 1 is 1.04 bits per heavy atom. The number of nitriles is 1.